The summed E-state index contributed by atoms with van der Waals surface area (Å²) in [6, 6.07) is 0. The van der Waals surface area contributed by atoms with Gasteiger partial charge in [-0.05, 0) is 29.6 Å². The van der Waals surface area contributed by atoms with Crippen LogP contribution in [0.2, 0.25) is 0 Å². The Morgan fingerprint density at radius 2 is 1.94 bits per heavy atom. The molecule has 102 valence electrons. The van der Waals surface area contributed by atoms with Crippen molar-refractivity contribution in [2.24, 2.45) is 27.2 Å². The fourth-order valence-electron chi connectivity index (χ4n) is 4.61. The first-order valence-electron chi connectivity index (χ1n) is 7.66. The van der Waals surface area contributed by atoms with Crippen LogP contribution < -0.4 is 0 Å². The van der Waals surface area contributed by atoms with Crippen molar-refractivity contribution in [3.63, 3.8) is 0 Å². The minimum Gasteiger partial charge on any atom is -0.293 e. The lowest BCUT2D eigenvalue weighted by molar-refractivity contribution is 0.260. The van der Waals surface area contributed by atoms with E-state index in [2.05, 4.69) is 58.0 Å². The van der Waals surface area contributed by atoms with Gasteiger partial charge in [-0.1, -0.05) is 59.6 Å². The molecule has 3 unspecified atom stereocenters. The van der Waals surface area contributed by atoms with Crippen LogP contribution in [0.3, 0.4) is 0 Å². The van der Waals surface area contributed by atoms with Gasteiger partial charge in [0.05, 0.1) is 6.54 Å². The van der Waals surface area contributed by atoms with Crippen LogP contribution in [0.1, 0.15) is 60.3 Å². The second-order valence-electron chi connectivity index (χ2n) is 6.81. The maximum absolute atomic E-state index is 4.66. The Labute approximate surface area is 113 Å². The first-order chi connectivity index (χ1) is 8.50. The number of nitrogens with zero attached hydrogens (tertiary/aromatic N) is 1. The molecule has 2 saturated carbocycles. The van der Waals surface area contributed by atoms with Gasteiger partial charge in [-0.2, -0.15) is 0 Å². The molecule has 0 spiro atoms. The SMILES string of the molecule is CCC=CC/N=C/C12CC1(C(C)CCC)C2(C)C. The standard InChI is InChI=1S/C17H29N/c1-6-8-9-11-18-13-16-12-17(16,15(16,4)5)14(3)10-7-2/h8-9,13-14H,6-7,10-12H2,1-5H3/b9-8?,18-13+. The molecule has 0 aromatic carbocycles. The van der Waals surface area contributed by atoms with Gasteiger partial charge < -0.3 is 0 Å². The van der Waals surface area contributed by atoms with Gasteiger partial charge in [0.1, 0.15) is 0 Å². The van der Waals surface area contributed by atoms with Crippen LogP contribution in [0, 0.1) is 22.2 Å². The molecule has 0 heterocycles. The quantitative estimate of drug-likeness (QED) is 0.449. The average Bonchev–Trinajstić information content (AvgIpc) is 3.13. The Kier molecular flexibility index (Phi) is 3.46. The number of rotatable bonds is 7. The molecule has 0 saturated heterocycles. The highest BCUT2D eigenvalue weighted by Crippen LogP contribution is 2.98. The first-order valence-corrected chi connectivity index (χ1v) is 7.66. The van der Waals surface area contributed by atoms with Gasteiger partial charge in [0.2, 0.25) is 0 Å². The predicted molar refractivity (Wildman–Crippen MR) is 80.1 cm³/mol. The molecule has 1 nitrogen and oxygen atoms in total. The third-order valence-corrected chi connectivity index (χ3v) is 5.88. The van der Waals surface area contributed by atoms with E-state index in [0.717, 1.165) is 18.9 Å². The van der Waals surface area contributed by atoms with Crippen molar-refractivity contribution in [1.82, 2.24) is 0 Å². The van der Waals surface area contributed by atoms with E-state index in [9.17, 15) is 0 Å². The molecule has 1 heteroatoms. The number of hydrogen-bond donors (Lipinski definition) is 0. The lowest BCUT2D eigenvalue weighted by atomic mass is 9.81. The Morgan fingerprint density at radius 1 is 1.22 bits per heavy atom. The second kappa shape index (κ2) is 4.51. The second-order valence-corrected chi connectivity index (χ2v) is 6.81. The fourth-order valence-corrected chi connectivity index (χ4v) is 4.61. The third-order valence-electron chi connectivity index (χ3n) is 5.88. The van der Waals surface area contributed by atoms with Crippen molar-refractivity contribution in [3.05, 3.63) is 12.2 Å². The first kappa shape index (κ1) is 13.8. The van der Waals surface area contributed by atoms with Crippen LogP contribution in [-0.4, -0.2) is 12.8 Å². The number of fused-ring (bicyclic) bond motifs is 1. The van der Waals surface area contributed by atoms with Crippen molar-refractivity contribution in [2.45, 2.75) is 60.3 Å². The van der Waals surface area contributed by atoms with Gasteiger partial charge >= 0.3 is 0 Å². The lowest BCUT2D eigenvalue weighted by Gasteiger charge is -2.23. The van der Waals surface area contributed by atoms with Crippen LogP contribution >= 0.6 is 0 Å². The highest BCUT2D eigenvalue weighted by molar-refractivity contribution is 5.82. The van der Waals surface area contributed by atoms with Crippen LogP contribution in [0.15, 0.2) is 17.1 Å². The highest BCUT2D eigenvalue weighted by atomic mass is 15.0. The zero-order chi connectivity index (χ0) is 13.4. The van der Waals surface area contributed by atoms with E-state index in [-0.39, 0.29) is 0 Å². The summed E-state index contributed by atoms with van der Waals surface area (Å²) in [4.78, 5) is 4.66. The molecule has 0 bridgehead atoms. The zero-order valence-corrected chi connectivity index (χ0v) is 12.8. The molecular formula is C17H29N. The molecule has 0 N–H and O–H groups in total. The van der Waals surface area contributed by atoms with Crippen molar-refractivity contribution >= 4 is 6.21 Å². The van der Waals surface area contributed by atoms with E-state index in [0.29, 0.717) is 16.2 Å². The molecule has 0 aliphatic heterocycles. The van der Waals surface area contributed by atoms with Crippen LogP contribution in [-0.2, 0) is 0 Å². The average molecular weight is 247 g/mol. The Balaban J connectivity index is 1.97. The van der Waals surface area contributed by atoms with E-state index in [1.807, 2.05) is 0 Å². The molecule has 0 radical (unpaired) electrons. The number of allylic oxidation sites excluding steroid dienone is 1. The van der Waals surface area contributed by atoms with Crippen molar-refractivity contribution < 1.29 is 0 Å². The Bertz CT molecular complexity index is 366. The van der Waals surface area contributed by atoms with Gasteiger partial charge in [0.25, 0.3) is 0 Å². The third kappa shape index (κ3) is 1.55. The molecule has 0 aromatic heterocycles. The molecule has 2 aliphatic carbocycles. The van der Waals surface area contributed by atoms with E-state index in [1.165, 1.54) is 19.3 Å². The monoisotopic (exact) mass is 247 g/mol. The van der Waals surface area contributed by atoms with Crippen LogP contribution in [0.25, 0.3) is 0 Å². The fraction of sp³-hybridized carbons (Fsp3) is 0.824. The summed E-state index contributed by atoms with van der Waals surface area (Å²) < 4.78 is 0. The van der Waals surface area contributed by atoms with Crippen molar-refractivity contribution in [3.8, 4) is 0 Å². The normalized spacial score (nSPS) is 38.1. The van der Waals surface area contributed by atoms with Gasteiger partial charge in [-0.3, -0.25) is 4.99 Å². The van der Waals surface area contributed by atoms with E-state index >= 15 is 0 Å². The Morgan fingerprint density at radius 3 is 2.50 bits per heavy atom. The van der Waals surface area contributed by atoms with Gasteiger partial charge in [-0.15, -0.1) is 0 Å². The molecule has 2 aliphatic rings. The van der Waals surface area contributed by atoms with Crippen LogP contribution in [0.4, 0.5) is 0 Å². The van der Waals surface area contributed by atoms with Gasteiger partial charge in [0.15, 0.2) is 0 Å². The summed E-state index contributed by atoms with van der Waals surface area (Å²) in [5.74, 6) is 0.857. The minimum atomic E-state index is 0.453. The molecular weight excluding hydrogens is 218 g/mol. The van der Waals surface area contributed by atoms with Crippen molar-refractivity contribution in [1.29, 1.82) is 0 Å². The maximum Gasteiger partial charge on any atom is 0.0566 e. The van der Waals surface area contributed by atoms with Gasteiger partial charge in [0, 0.05) is 11.6 Å². The molecule has 2 rings (SSSR count). The summed E-state index contributed by atoms with van der Waals surface area (Å²) in [6.07, 6.45) is 11.9. The largest absolute Gasteiger partial charge is 0.293 e. The highest BCUT2D eigenvalue weighted by Gasteiger charge is 2.95. The smallest absolute Gasteiger partial charge is 0.0566 e. The summed E-state index contributed by atoms with van der Waals surface area (Å²) >= 11 is 0. The topological polar surface area (TPSA) is 12.4 Å². The summed E-state index contributed by atoms with van der Waals surface area (Å²) in [5.41, 5.74) is 1.54. The zero-order valence-electron chi connectivity index (χ0n) is 12.8. The maximum atomic E-state index is 4.66. The Hall–Kier alpha value is -0.590. The molecule has 0 amide bonds. The number of hydrogen-bond acceptors (Lipinski definition) is 1. The van der Waals surface area contributed by atoms with E-state index in [1.54, 1.807) is 0 Å². The molecule has 0 aromatic rings. The van der Waals surface area contributed by atoms with Crippen molar-refractivity contribution in [2.75, 3.05) is 6.54 Å². The minimum absolute atomic E-state index is 0.453. The number of aliphatic imine (C=N–C) groups is 1. The van der Waals surface area contributed by atoms with Gasteiger partial charge in [-0.25, -0.2) is 0 Å². The van der Waals surface area contributed by atoms with E-state index < -0.39 is 0 Å². The predicted octanol–water partition coefficient (Wildman–Crippen LogP) is 4.88. The molecule has 2 fully saturated rings. The van der Waals surface area contributed by atoms with Crippen LogP contribution in [0.5, 0.6) is 0 Å². The van der Waals surface area contributed by atoms with E-state index in [4.69, 9.17) is 0 Å². The summed E-state index contributed by atoms with van der Waals surface area (Å²) in [7, 11) is 0. The lowest BCUT2D eigenvalue weighted by Crippen LogP contribution is -2.17. The summed E-state index contributed by atoms with van der Waals surface area (Å²) in [6.45, 7) is 12.7. The molecule has 18 heavy (non-hydrogen) atoms. The molecule has 3 atom stereocenters. The summed E-state index contributed by atoms with van der Waals surface area (Å²) in [5, 5.41) is 0.